The summed E-state index contributed by atoms with van der Waals surface area (Å²) in [6, 6.07) is 13.8. The Labute approximate surface area is 184 Å². The van der Waals surface area contributed by atoms with E-state index in [0.29, 0.717) is 17.8 Å². The molecule has 3 aliphatic carbocycles. The van der Waals surface area contributed by atoms with Gasteiger partial charge in [-0.2, -0.15) is 0 Å². The molecule has 2 aromatic carbocycles. The molecule has 154 valence electrons. The van der Waals surface area contributed by atoms with Crippen LogP contribution in [0.3, 0.4) is 0 Å². The average molecular weight is 475 g/mol. The SMILES string of the molecule is C[C@]12CC[C@@H]3c4ccc(O)cc4C(O)C(Sc4ccc(Br)cc4)[C@H]3[C@@H]1CCC2O. The zero-order chi connectivity index (χ0) is 20.3. The van der Waals surface area contributed by atoms with E-state index in [9.17, 15) is 15.3 Å². The van der Waals surface area contributed by atoms with Crippen molar-refractivity contribution in [3.63, 3.8) is 0 Å². The molecule has 3 aliphatic rings. The second kappa shape index (κ2) is 7.30. The van der Waals surface area contributed by atoms with Crippen molar-refractivity contribution < 1.29 is 15.3 Å². The molecule has 3 nitrogen and oxygen atoms in total. The standard InChI is InChI=1S/C24H27BrO3S/c1-24-11-10-17-16-7-4-14(26)12-18(16)22(28)23(21(17)19(24)8-9-20(24)27)29-15-5-2-13(25)3-6-15/h2-7,12,17,19-23,26-28H,8-11H2,1H3/t17-,19+,20?,21-,22?,23?,24+/m1/s1. The van der Waals surface area contributed by atoms with E-state index in [1.54, 1.807) is 23.9 Å². The fraction of sp³-hybridized carbons (Fsp3) is 0.500. The Morgan fingerprint density at radius 1 is 1.00 bits per heavy atom. The van der Waals surface area contributed by atoms with Gasteiger partial charge in [-0.25, -0.2) is 0 Å². The van der Waals surface area contributed by atoms with Gasteiger partial charge in [0.1, 0.15) is 5.75 Å². The molecule has 3 unspecified atom stereocenters. The molecule has 2 aromatic rings. The van der Waals surface area contributed by atoms with Crippen LogP contribution in [0.4, 0.5) is 0 Å². The van der Waals surface area contributed by atoms with Crippen molar-refractivity contribution in [2.75, 3.05) is 0 Å². The van der Waals surface area contributed by atoms with Gasteiger partial charge in [0.2, 0.25) is 0 Å². The van der Waals surface area contributed by atoms with E-state index in [2.05, 4.69) is 35.0 Å². The third kappa shape index (κ3) is 3.16. The van der Waals surface area contributed by atoms with Gasteiger partial charge < -0.3 is 15.3 Å². The lowest BCUT2D eigenvalue weighted by Crippen LogP contribution is -2.49. The van der Waals surface area contributed by atoms with Gasteiger partial charge in [0.25, 0.3) is 0 Å². The van der Waals surface area contributed by atoms with Gasteiger partial charge in [-0.1, -0.05) is 28.9 Å². The number of fused-ring (bicyclic) bond motifs is 5. The first-order valence-corrected chi connectivity index (χ1v) is 12.2. The summed E-state index contributed by atoms with van der Waals surface area (Å²) in [5.74, 6) is 1.29. The van der Waals surface area contributed by atoms with E-state index in [0.717, 1.165) is 40.6 Å². The fourth-order valence-corrected chi connectivity index (χ4v) is 8.03. The molecular weight excluding hydrogens is 448 g/mol. The van der Waals surface area contributed by atoms with Crippen molar-refractivity contribution >= 4 is 27.7 Å². The Hall–Kier alpha value is -1.01. The van der Waals surface area contributed by atoms with Crippen LogP contribution in [0.2, 0.25) is 0 Å². The van der Waals surface area contributed by atoms with Crippen molar-refractivity contribution in [2.45, 2.75) is 60.9 Å². The predicted octanol–water partition coefficient (Wildman–Crippen LogP) is 5.63. The molecule has 2 fully saturated rings. The molecule has 7 atom stereocenters. The van der Waals surface area contributed by atoms with Crippen molar-refractivity contribution in [3.05, 3.63) is 58.1 Å². The first-order chi connectivity index (χ1) is 13.9. The highest BCUT2D eigenvalue weighted by atomic mass is 79.9. The molecule has 0 bridgehead atoms. The number of phenols is 1. The highest BCUT2D eigenvalue weighted by molar-refractivity contribution is 9.10. The number of aliphatic hydroxyl groups is 2. The molecule has 0 amide bonds. The molecule has 0 aliphatic heterocycles. The fourth-order valence-electron chi connectivity index (χ4n) is 6.34. The summed E-state index contributed by atoms with van der Waals surface area (Å²) in [6.45, 7) is 2.26. The minimum absolute atomic E-state index is 0.00500. The van der Waals surface area contributed by atoms with E-state index < -0.39 is 6.10 Å². The molecule has 5 heteroatoms. The Balaban J connectivity index is 1.59. The maximum Gasteiger partial charge on any atom is 0.115 e. The van der Waals surface area contributed by atoms with Crippen LogP contribution in [0.25, 0.3) is 0 Å². The van der Waals surface area contributed by atoms with Crippen LogP contribution in [0.5, 0.6) is 5.75 Å². The Morgan fingerprint density at radius 2 is 1.76 bits per heavy atom. The third-order valence-corrected chi connectivity index (χ3v) is 9.76. The summed E-state index contributed by atoms with van der Waals surface area (Å²) in [6.07, 6.45) is 3.05. The van der Waals surface area contributed by atoms with Crippen molar-refractivity contribution in [1.82, 2.24) is 0 Å². The van der Waals surface area contributed by atoms with Gasteiger partial charge in [0, 0.05) is 14.6 Å². The summed E-state index contributed by atoms with van der Waals surface area (Å²) < 4.78 is 1.04. The number of hydrogen-bond donors (Lipinski definition) is 3. The van der Waals surface area contributed by atoms with Crippen LogP contribution < -0.4 is 0 Å². The lowest BCUT2D eigenvalue weighted by Gasteiger charge is -2.54. The third-order valence-electron chi connectivity index (χ3n) is 7.85. The van der Waals surface area contributed by atoms with E-state index in [1.165, 1.54) is 5.56 Å². The lowest BCUT2D eigenvalue weighted by atomic mass is 9.55. The highest BCUT2D eigenvalue weighted by Crippen LogP contribution is 2.64. The van der Waals surface area contributed by atoms with Crippen LogP contribution in [0, 0.1) is 17.3 Å². The zero-order valence-electron chi connectivity index (χ0n) is 16.5. The minimum Gasteiger partial charge on any atom is -0.508 e. The molecule has 0 saturated heterocycles. The number of benzene rings is 2. The van der Waals surface area contributed by atoms with Crippen molar-refractivity contribution in [3.8, 4) is 5.75 Å². The van der Waals surface area contributed by atoms with Gasteiger partial charge in [0.05, 0.1) is 12.2 Å². The maximum atomic E-state index is 11.5. The van der Waals surface area contributed by atoms with E-state index >= 15 is 0 Å². The van der Waals surface area contributed by atoms with Crippen molar-refractivity contribution in [1.29, 1.82) is 0 Å². The average Bonchev–Trinajstić information content (AvgIpc) is 3.01. The summed E-state index contributed by atoms with van der Waals surface area (Å²) in [5.41, 5.74) is 2.01. The number of aliphatic hydroxyl groups excluding tert-OH is 2. The number of hydrogen-bond acceptors (Lipinski definition) is 4. The van der Waals surface area contributed by atoms with Gasteiger partial charge in [-0.3, -0.25) is 0 Å². The number of aromatic hydroxyl groups is 1. The smallest absolute Gasteiger partial charge is 0.115 e. The molecule has 5 rings (SSSR count). The van der Waals surface area contributed by atoms with Gasteiger partial charge in [-0.15, -0.1) is 11.8 Å². The monoisotopic (exact) mass is 474 g/mol. The Bertz CT molecular complexity index is 917. The van der Waals surface area contributed by atoms with Crippen LogP contribution in [0.1, 0.15) is 55.8 Å². The molecule has 0 radical (unpaired) electrons. The molecule has 0 aromatic heterocycles. The first kappa shape index (κ1) is 19.9. The van der Waals surface area contributed by atoms with Gasteiger partial charge in [0.15, 0.2) is 0 Å². The molecule has 3 N–H and O–H groups in total. The minimum atomic E-state index is -0.632. The summed E-state index contributed by atoms with van der Waals surface area (Å²) in [7, 11) is 0. The van der Waals surface area contributed by atoms with Gasteiger partial charge >= 0.3 is 0 Å². The largest absolute Gasteiger partial charge is 0.508 e. The topological polar surface area (TPSA) is 60.7 Å². The number of rotatable bonds is 2. The first-order valence-electron chi connectivity index (χ1n) is 10.5. The van der Waals surface area contributed by atoms with Crippen LogP contribution >= 0.6 is 27.7 Å². The predicted molar refractivity (Wildman–Crippen MR) is 119 cm³/mol. The Morgan fingerprint density at radius 3 is 2.52 bits per heavy atom. The second-order valence-corrected chi connectivity index (χ2v) is 11.4. The summed E-state index contributed by atoms with van der Waals surface area (Å²) in [5, 5.41) is 32.3. The quantitative estimate of drug-likeness (QED) is 0.527. The number of phenolic OH excluding ortho intramolecular Hbond substituents is 1. The molecule has 0 heterocycles. The molecule has 29 heavy (non-hydrogen) atoms. The molecule has 2 saturated carbocycles. The Kier molecular flexibility index (Phi) is 5.01. The van der Waals surface area contributed by atoms with Crippen LogP contribution in [-0.4, -0.2) is 26.7 Å². The number of thioether (sulfide) groups is 1. The molecule has 0 spiro atoms. The van der Waals surface area contributed by atoms with E-state index in [-0.39, 0.29) is 22.5 Å². The van der Waals surface area contributed by atoms with Gasteiger partial charge in [-0.05, 0) is 96.4 Å². The van der Waals surface area contributed by atoms with Crippen LogP contribution in [0.15, 0.2) is 51.8 Å². The maximum absolute atomic E-state index is 11.5. The van der Waals surface area contributed by atoms with Crippen molar-refractivity contribution in [2.24, 2.45) is 17.3 Å². The lowest BCUT2D eigenvalue weighted by molar-refractivity contribution is -0.0341. The second-order valence-electron chi connectivity index (χ2n) is 9.22. The summed E-state index contributed by atoms with van der Waals surface area (Å²) in [4.78, 5) is 1.14. The molecular formula is C24H27BrO3S. The van der Waals surface area contributed by atoms with E-state index in [1.807, 2.05) is 18.2 Å². The van der Waals surface area contributed by atoms with Crippen LogP contribution in [-0.2, 0) is 0 Å². The highest BCUT2D eigenvalue weighted by Gasteiger charge is 2.58. The number of halogens is 1. The zero-order valence-corrected chi connectivity index (χ0v) is 18.9. The van der Waals surface area contributed by atoms with E-state index in [4.69, 9.17) is 0 Å². The normalized spacial score (nSPS) is 38.2. The summed E-state index contributed by atoms with van der Waals surface area (Å²) >= 11 is 5.25.